The molecule has 0 saturated heterocycles. The normalized spacial score (nSPS) is 11.9. The number of nitriles is 1. The van der Waals surface area contributed by atoms with Gasteiger partial charge in [-0.05, 0) is 48.0 Å². The average molecular weight is 387 g/mol. The molecule has 0 fully saturated rings. The third-order valence-corrected chi connectivity index (χ3v) is 4.96. The Kier molecular flexibility index (Phi) is 5.01. The van der Waals surface area contributed by atoms with Crippen molar-refractivity contribution in [2.24, 2.45) is 0 Å². The zero-order valence-corrected chi connectivity index (χ0v) is 16.2. The van der Waals surface area contributed by atoms with E-state index in [9.17, 15) is 0 Å². The second-order valence-electron chi connectivity index (χ2n) is 6.84. The SMILES string of the molecule is C[C@@H](Cn1ccc(-c2ccc(C#N)c(Cl)c2)n1)Nc1ccc2ccccc2c1. The van der Waals surface area contributed by atoms with E-state index in [1.807, 2.05) is 29.1 Å². The lowest BCUT2D eigenvalue weighted by Crippen LogP contribution is -2.22. The fourth-order valence-electron chi connectivity index (χ4n) is 3.27. The quantitative estimate of drug-likeness (QED) is 0.476. The van der Waals surface area contributed by atoms with Crippen molar-refractivity contribution < 1.29 is 0 Å². The summed E-state index contributed by atoms with van der Waals surface area (Å²) in [6.07, 6.45) is 1.96. The number of hydrogen-bond acceptors (Lipinski definition) is 3. The minimum absolute atomic E-state index is 0.207. The lowest BCUT2D eigenvalue weighted by Gasteiger charge is -2.16. The monoisotopic (exact) mass is 386 g/mol. The molecular formula is C23H19ClN4. The van der Waals surface area contributed by atoms with Gasteiger partial charge in [0.15, 0.2) is 0 Å². The van der Waals surface area contributed by atoms with Gasteiger partial charge >= 0.3 is 0 Å². The number of nitrogens with zero attached hydrogens (tertiary/aromatic N) is 3. The Bertz CT molecular complexity index is 1170. The summed E-state index contributed by atoms with van der Waals surface area (Å²) in [5.74, 6) is 0. The summed E-state index contributed by atoms with van der Waals surface area (Å²) in [6.45, 7) is 2.87. The maximum absolute atomic E-state index is 9.00. The van der Waals surface area contributed by atoms with Crippen LogP contribution in [0.4, 0.5) is 5.69 Å². The summed E-state index contributed by atoms with van der Waals surface area (Å²) in [7, 11) is 0. The van der Waals surface area contributed by atoms with Gasteiger partial charge in [0.25, 0.3) is 0 Å². The molecule has 5 heteroatoms. The molecule has 0 saturated carbocycles. The molecule has 138 valence electrons. The van der Waals surface area contributed by atoms with Gasteiger partial charge in [0.05, 0.1) is 22.8 Å². The highest BCUT2D eigenvalue weighted by Gasteiger charge is 2.09. The third kappa shape index (κ3) is 3.85. The highest BCUT2D eigenvalue weighted by Crippen LogP contribution is 2.24. The van der Waals surface area contributed by atoms with E-state index in [1.54, 1.807) is 12.1 Å². The summed E-state index contributed by atoms with van der Waals surface area (Å²) < 4.78 is 1.92. The molecule has 0 aliphatic heterocycles. The van der Waals surface area contributed by atoms with Crippen LogP contribution in [0.5, 0.6) is 0 Å². The summed E-state index contributed by atoms with van der Waals surface area (Å²) in [5.41, 5.74) is 3.30. The van der Waals surface area contributed by atoms with Gasteiger partial charge in [-0.1, -0.05) is 48.0 Å². The fraction of sp³-hybridized carbons (Fsp3) is 0.130. The van der Waals surface area contributed by atoms with Crippen LogP contribution in [0.1, 0.15) is 12.5 Å². The van der Waals surface area contributed by atoms with Gasteiger partial charge in [0.2, 0.25) is 0 Å². The van der Waals surface area contributed by atoms with Crippen LogP contribution >= 0.6 is 11.6 Å². The second kappa shape index (κ2) is 7.75. The van der Waals surface area contributed by atoms with Crippen molar-refractivity contribution in [3.63, 3.8) is 0 Å². The largest absolute Gasteiger partial charge is 0.381 e. The molecule has 0 radical (unpaired) electrons. The second-order valence-corrected chi connectivity index (χ2v) is 7.24. The van der Waals surface area contributed by atoms with E-state index in [-0.39, 0.29) is 6.04 Å². The van der Waals surface area contributed by atoms with E-state index in [1.165, 1.54) is 10.8 Å². The van der Waals surface area contributed by atoms with E-state index in [4.69, 9.17) is 16.9 Å². The van der Waals surface area contributed by atoms with Crippen molar-refractivity contribution in [2.45, 2.75) is 19.5 Å². The Morgan fingerprint density at radius 3 is 2.68 bits per heavy atom. The molecule has 0 unspecified atom stereocenters. The van der Waals surface area contributed by atoms with Crippen molar-refractivity contribution in [1.29, 1.82) is 5.26 Å². The molecule has 1 heterocycles. The van der Waals surface area contributed by atoms with E-state index in [0.29, 0.717) is 10.6 Å². The van der Waals surface area contributed by atoms with Gasteiger partial charge < -0.3 is 5.32 Å². The topological polar surface area (TPSA) is 53.6 Å². The average Bonchev–Trinajstić information content (AvgIpc) is 3.16. The number of halogens is 1. The molecule has 28 heavy (non-hydrogen) atoms. The van der Waals surface area contributed by atoms with Crippen LogP contribution in [0.3, 0.4) is 0 Å². The van der Waals surface area contributed by atoms with Gasteiger partial charge in [-0.25, -0.2) is 0 Å². The van der Waals surface area contributed by atoms with Crippen molar-refractivity contribution in [1.82, 2.24) is 9.78 Å². The number of hydrogen-bond donors (Lipinski definition) is 1. The van der Waals surface area contributed by atoms with Crippen LogP contribution in [0.15, 0.2) is 72.9 Å². The van der Waals surface area contributed by atoms with Crippen molar-refractivity contribution >= 4 is 28.1 Å². The summed E-state index contributed by atoms with van der Waals surface area (Å²) in [4.78, 5) is 0. The first-order chi connectivity index (χ1) is 13.6. The van der Waals surface area contributed by atoms with Gasteiger partial charge in [-0.2, -0.15) is 10.4 Å². The summed E-state index contributed by atoms with van der Waals surface area (Å²) in [5, 5.41) is 20.1. The van der Waals surface area contributed by atoms with E-state index >= 15 is 0 Å². The van der Waals surface area contributed by atoms with Crippen LogP contribution in [-0.2, 0) is 6.54 Å². The first kappa shape index (κ1) is 18.1. The van der Waals surface area contributed by atoms with Gasteiger partial charge in [0.1, 0.15) is 6.07 Å². The Morgan fingerprint density at radius 1 is 1.07 bits per heavy atom. The Balaban J connectivity index is 1.45. The number of anilines is 1. The van der Waals surface area contributed by atoms with Crippen molar-refractivity contribution in [2.75, 3.05) is 5.32 Å². The lowest BCUT2D eigenvalue weighted by atomic mass is 10.1. The zero-order valence-electron chi connectivity index (χ0n) is 15.4. The maximum Gasteiger partial charge on any atom is 0.101 e. The van der Waals surface area contributed by atoms with Gasteiger partial charge in [-0.15, -0.1) is 0 Å². The predicted molar refractivity (Wildman–Crippen MR) is 114 cm³/mol. The molecule has 4 nitrogen and oxygen atoms in total. The first-order valence-electron chi connectivity index (χ1n) is 9.11. The number of fused-ring (bicyclic) bond motifs is 1. The van der Waals surface area contributed by atoms with E-state index in [2.05, 4.69) is 59.8 Å². The molecule has 0 bridgehead atoms. The number of rotatable bonds is 5. The fourth-order valence-corrected chi connectivity index (χ4v) is 3.50. The van der Waals surface area contributed by atoms with Crippen LogP contribution in [0.2, 0.25) is 5.02 Å². The van der Waals surface area contributed by atoms with Gasteiger partial charge in [-0.3, -0.25) is 4.68 Å². The first-order valence-corrected chi connectivity index (χ1v) is 9.49. The molecule has 4 rings (SSSR count). The molecular weight excluding hydrogens is 368 g/mol. The third-order valence-electron chi connectivity index (χ3n) is 4.65. The Morgan fingerprint density at radius 2 is 1.89 bits per heavy atom. The molecule has 1 atom stereocenters. The minimum atomic E-state index is 0.207. The molecule has 0 aliphatic rings. The Labute approximate surface area is 169 Å². The lowest BCUT2D eigenvalue weighted by molar-refractivity contribution is 0.562. The van der Waals surface area contributed by atoms with Crippen LogP contribution in [0, 0.1) is 11.3 Å². The molecule has 0 aliphatic carbocycles. The Hall–Kier alpha value is -3.29. The molecule has 0 spiro atoms. The van der Waals surface area contributed by atoms with Crippen LogP contribution in [0.25, 0.3) is 22.0 Å². The standard InChI is InChI=1S/C23H19ClN4/c1-16(26-21-9-8-17-4-2-3-5-18(17)12-21)15-28-11-10-23(27-28)19-6-7-20(14-25)22(24)13-19/h2-13,16,26H,15H2,1H3/t16-/m0/s1. The van der Waals surface area contributed by atoms with Crippen LogP contribution in [-0.4, -0.2) is 15.8 Å². The highest BCUT2D eigenvalue weighted by atomic mass is 35.5. The van der Waals surface area contributed by atoms with Crippen molar-refractivity contribution in [3.05, 3.63) is 83.5 Å². The summed E-state index contributed by atoms with van der Waals surface area (Å²) >= 11 is 6.14. The zero-order chi connectivity index (χ0) is 19.5. The molecule has 1 aromatic heterocycles. The van der Waals surface area contributed by atoms with E-state index < -0.39 is 0 Å². The number of benzene rings is 3. The maximum atomic E-state index is 9.00. The minimum Gasteiger partial charge on any atom is -0.381 e. The molecule has 4 aromatic rings. The summed E-state index contributed by atoms with van der Waals surface area (Å²) in [6, 6.07) is 24.3. The van der Waals surface area contributed by atoms with Gasteiger partial charge in [0, 0.05) is 23.5 Å². The highest BCUT2D eigenvalue weighted by molar-refractivity contribution is 6.32. The molecule has 0 amide bonds. The number of aromatic nitrogens is 2. The van der Waals surface area contributed by atoms with Crippen LogP contribution < -0.4 is 5.32 Å². The van der Waals surface area contributed by atoms with Crippen molar-refractivity contribution in [3.8, 4) is 17.3 Å². The molecule has 1 N–H and O–H groups in total. The smallest absolute Gasteiger partial charge is 0.101 e. The molecule has 3 aromatic carbocycles. The predicted octanol–water partition coefficient (Wildman–Crippen LogP) is 5.73. The number of nitrogens with one attached hydrogen (secondary N) is 1. The van der Waals surface area contributed by atoms with E-state index in [0.717, 1.165) is 23.5 Å².